The minimum atomic E-state index is -1.40. The molecule has 1 aromatic rings. The van der Waals surface area contributed by atoms with Gasteiger partial charge in [0.05, 0.1) is 10.6 Å². The number of halogens is 2. The van der Waals surface area contributed by atoms with Crippen LogP contribution in [0, 0.1) is 44.4 Å². The first kappa shape index (κ1) is 13.0. The molecule has 0 aromatic heterocycles. The average Bonchev–Trinajstić information content (AvgIpc) is 2.28. The molecule has 0 bridgehead atoms. The fraction of sp³-hybridized carbons (Fsp3) is 0. The van der Waals surface area contributed by atoms with Crippen LogP contribution < -0.4 is 5.43 Å². The minimum absolute atomic E-state index is 0.265. The van der Waals surface area contributed by atoms with E-state index < -0.39 is 28.0 Å². The number of anilines is 1. The van der Waals surface area contributed by atoms with E-state index in [0.29, 0.717) is 12.1 Å². The minimum Gasteiger partial charge on any atom is -0.276 e. The van der Waals surface area contributed by atoms with E-state index in [1.807, 2.05) is 5.43 Å². The third-order valence-corrected chi connectivity index (χ3v) is 1.71. The molecule has 0 saturated carbocycles. The normalized spacial score (nSPS) is 8.89. The monoisotopic (exact) mass is 251 g/mol. The van der Waals surface area contributed by atoms with Crippen LogP contribution in [-0.4, -0.2) is 10.6 Å². The highest BCUT2D eigenvalue weighted by atomic mass is 19.1. The highest BCUT2D eigenvalue weighted by Crippen LogP contribution is 2.25. The van der Waals surface area contributed by atoms with Gasteiger partial charge in [-0.15, -0.1) is 0 Å². The fourth-order valence-corrected chi connectivity index (χ4v) is 1.000. The number of nitro groups is 1. The van der Waals surface area contributed by atoms with Crippen molar-refractivity contribution in [3.63, 3.8) is 0 Å². The van der Waals surface area contributed by atoms with Crippen molar-refractivity contribution < 1.29 is 13.7 Å². The van der Waals surface area contributed by atoms with Gasteiger partial charge in [0, 0.05) is 12.1 Å². The Labute approximate surface area is 98.7 Å². The van der Waals surface area contributed by atoms with Crippen LogP contribution in [0.1, 0.15) is 0 Å². The van der Waals surface area contributed by atoms with Gasteiger partial charge >= 0.3 is 5.69 Å². The van der Waals surface area contributed by atoms with Crippen LogP contribution in [-0.2, 0) is 0 Å². The average molecular weight is 251 g/mol. The molecule has 0 aliphatic heterocycles. The van der Waals surface area contributed by atoms with Crippen LogP contribution in [0.3, 0.4) is 0 Å². The van der Waals surface area contributed by atoms with Crippen molar-refractivity contribution in [1.29, 1.82) is 10.5 Å². The summed E-state index contributed by atoms with van der Waals surface area (Å²) in [5.41, 5.74) is -0.0781. The van der Waals surface area contributed by atoms with Crippen LogP contribution in [0.4, 0.5) is 20.2 Å². The maximum atomic E-state index is 13.1. The van der Waals surface area contributed by atoms with Crippen molar-refractivity contribution in [1.82, 2.24) is 0 Å². The van der Waals surface area contributed by atoms with Crippen LogP contribution in [0.15, 0.2) is 17.2 Å². The molecule has 0 aliphatic rings. The van der Waals surface area contributed by atoms with Gasteiger partial charge in [-0.2, -0.15) is 24.4 Å². The molecule has 0 aliphatic carbocycles. The lowest BCUT2D eigenvalue weighted by Crippen LogP contribution is -2.01. The van der Waals surface area contributed by atoms with E-state index in [0.717, 1.165) is 0 Å². The van der Waals surface area contributed by atoms with E-state index in [2.05, 4.69) is 5.10 Å². The van der Waals surface area contributed by atoms with Gasteiger partial charge in [0.25, 0.3) is 0 Å². The van der Waals surface area contributed by atoms with Crippen molar-refractivity contribution in [3.8, 4) is 12.1 Å². The van der Waals surface area contributed by atoms with E-state index in [9.17, 15) is 18.9 Å². The predicted octanol–water partition coefficient (Wildman–Crippen LogP) is 1.69. The Balaban J connectivity index is 3.10. The summed E-state index contributed by atoms with van der Waals surface area (Å²) < 4.78 is 26.3. The van der Waals surface area contributed by atoms with Gasteiger partial charge < -0.3 is 0 Å². The molecule has 0 saturated heterocycles. The first-order valence-electron chi connectivity index (χ1n) is 4.27. The summed E-state index contributed by atoms with van der Waals surface area (Å²) in [6, 6.07) is 4.07. The standard InChI is InChI=1S/C9H3F2N5O2/c10-7-1-5(14-15-6(3-12)4-13)2-8(11)9(7)16(17)18/h1-2,14H. The summed E-state index contributed by atoms with van der Waals surface area (Å²) in [5, 5.41) is 30.2. The highest BCUT2D eigenvalue weighted by molar-refractivity contribution is 6.10. The van der Waals surface area contributed by atoms with Crippen LogP contribution >= 0.6 is 0 Å². The molecular weight excluding hydrogens is 248 g/mol. The molecule has 7 nitrogen and oxygen atoms in total. The van der Waals surface area contributed by atoms with Crippen LogP contribution in [0.5, 0.6) is 0 Å². The summed E-state index contributed by atoms with van der Waals surface area (Å²) >= 11 is 0. The number of nitrogens with zero attached hydrogens (tertiary/aromatic N) is 4. The van der Waals surface area contributed by atoms with Gasteiger partial charge in [0.1, 0.15) is 12.1 Å². The number of nitrogens with one attached hydrogen (secondary N) is 1. The van der Waals surface area contributed by atoms with Gasteiger partial charge in [0.2, 0.25) is 17.3 Å². The zero-order chi connectivity index (χ0) is 13.7. The Morgan fingerprint density at radius 3 is 2.22 bits per heavy atom. The first-order valence-corrected chi connectivity index (χ1v) is 4.27. The van der Waals surface area contributed by atoms with Crippen LogP contribution in [0.25, 0.3) is 0 Å². The van der Waals surface area contributed by atoms with E-state index in [1.165, 1.54) is 12.1 Å². The lowest BCUT2D eigenvalue weighted by Gasteiger charge is -2.01. The molecule has 90 valence electrons. The number of rotatable bonds is 3. The number of hydrazone groups is 1. The SMILES string of the molecule is N#CC(C#N)=NNc1cc(F)c([N+](=O)[O-])c(F)c1. The molecule has 0 fully saturated rings. The number of nitro benzene ring substituents is 1. The first-order chi connectivity index (χ1) is 8.49. The number of hydrogen-bond acceptors (Lipinski definition) is 6. The molecule has 1 N–H and O–H groups in total. The van der Waals surface area contributed by atoms with Gasteiger partial charge in [-0.1, -0.05) is 0 Å². The van der Waals surface area contributed by atoms with Gasteiger partial charge in [0.15, 0.2) is 0 Å². The molecule has 18 heavy (non-hydrogen) atoms. The largest absolute Gasteiger partial charge is 0.340 e. The zero-order valence-electron chi connectivity index (χ0n) is 8.52. The summed E-state index contributed by atoms with van der Waals surface area (Å²) in [4.78, 5) is 9.10. The Bertz CT molecular complexity index is 575. The van der Waals surface area contributed by atoms with Crippen molar-refractivity contribution in [2.75, 3.05) is 5.43 Å². The molecule has 0 spiro atoms. The quantitative estimate of drug-likeness (QED) is 0.498. The number of hydrogen-bond donors (Lipinski definition) is 1. The fourth-order valence-electron chi connectivity index (χ4n) is 1.000. The maximum Gasteiger partial charge on any atom is 0.340 e. The number of nitriles is 2. The lowest BCUT2D eigenvalue weighted by atomic mass is 10.2. The van der Waals surface area contributed by atoms with Crippen molar-refractivity contribution in [3.05, 3.63) is 33.9 Å². The Morgan fingerprint density at radius 2 is 1.83 bits per heavy atom. The third-order valence-electron chi connectivity index (χ3n) is 1.71. The van der Waals surface area contributed by atoms with Crippen molar-refractivity contribution in [2.45, 2.75) is 0 Å². The second-order valence-corrected chi connectivity index (χ2v) is 2.84. The lowest BCUT2D eigenvalue weighted by molar-refractivity contribution is -0.390. The molecule has 0 radical (unpaired) electrons. The topological polar surface area (TPSA) is 115 Å². The van der Waals surface area contributed by atoms with Crippen molar-refractivity contribution >= 4 is 17.1 Å². The predicted molar refractivity (Wildman–Crippen MR) is 55.3 cm³/mol. The summed E-state index contributed by atoms with van der Waals surface area (Å²) in [6.45, 7) is 0. The Hall–Kier alpha value is -3.07. The highest BCUT2D eigenvalue weighted by Gasteiger charge is 2.21. The van der Waals surface area contributed by atoms with Crippen LogP contribution in [0.2, 0.25) is 0 Å². The maximum absolute atomic E-state index is 13.1. The summed E-state index contributed by atoms with van der Waals surface area (Å²) in [6.07, 6.45) is 0. The van der Waals surface area contributed by atoms with Gasteiger partial charge in [-0.3, -0.25) is 15.5 Å². The van der Waals surface area contributed by atoms with Gasteiger partial charge in [-0.05, 0) is 0 Å². The molecule has 9 heteroatoms. The van der Waals surface area contributed by atoms with E-state index >= 15 is 0 Å². The molecule has 1 rings (SSSR count). The van der Waals surface area contributed by atoms with E-state index in [1.54, 1.807) is 0 Å². The third kappa shape index (κ3) is 2.74. The summed E-state index contributed by atoms with van der Waals surface area (Å²) in [7, 11) is 0. The smallest absolute Gasteiger partial charge is 0.276 e. The molecule has 0 unspecified atom stereocenters. The molecule has 0 heterocycles. The molecular formula is C9H3F2N5O2. The Kier molecular flexibility index (Phi) is 3.84. The molecule has 0 amide bonds. The molecule has 0 atom stereocenters. The van der Waals surface area contributed by atoms with E-state index in [4.69, 9.17) is 10.5 Å². The van der Waals surface area contributed by atoms with Gasteiger partial charge in [-0.25, -0.2) is 0 Å². The zero-order valence-corrected chi connectivity index (χ0v) is 8.52. The second kappa shape index (κ2) is 5.32. The number of benzene rings is 1. The molecule has 1 aromatic carbocycles. The summed E-state index contributed by atoms with van der Waals surface area (Å²) in [5.74, 6) is -2.79. The second-order valence-electron chi connectivity index (χ2n) is 2.84. The van der Waals surface area contributed by atoms with E-state index in [-0.39, 0.29) is 5.69 Å². The Morgan fingerprint density at radius 1 is 1.33 bits per heavy atom. The van der Waals surface area contributed by atoms with Crippen molar-refractivity contribution in [2.24, 2.45) is 5.10 Å².